The van der Waals surface area contributed by atoms with Crippen molar-refractivity contribution < 1.29 is 9.90 Å². The summed E-state index contributed by atoms with van der Waals surface area (Å²) in [4.78, 5) is 13.2. The molecule has 1 heterocycles. The standard InChI is InChI=1S/C12H16N2O2/c1-14(2)11(7-15)8-3-4-10-9(5-8)6-12(16)13-10/h3-5,11,15H,6-7H2,1-2H3,(H,13,16). The van der Waals surface area contributed by atoms with Crippen LogP contribution in [0.4, 0.5) is 5.69 Å². The van der Waals surface area contributed by atoms with Gasteiger partial charge < -0.3 is 15.3 Å². The number of nitrogens with zero attached hydrogens (tertiary/aromatic N) is 1. The molecule has 2 rings (SSSR count). The number of likely N-dealkylation sites (N-methyl/N-ethyl adjacent to an activating group) is 1. The van der Waals surface area contributed by atoms with Gasteiger partial charge >= 0.3 is 0 Å². The van der Waals surface area contributed by atoms with E-state index in [0.717, 1.165) is 16.8 Å². The monoisotopic (exact) mass is 220 g/mol. The number of carbonyl (C=O) groups excluding carboxylic acids is 1. The number of aliphatic hydroxyl groups is 1. The van der Waals surface area contributed by atoms with Crippen LogP contribution in [0.1, 0.15) is 17.2 Å². The van der Waals surface area contributed by atoms with Crippen LogP contribution in [0.3, 0.4) is 0 Å². The summed E-state index contributed by atoms with van der Waals surface area (Å²) >= 11 is 0. The second-order valence-electron chi connectivity index (χ2n) is 4.30. The Hall–Kier alpha value is -1.39. The first kappa shape index (κ1) is 11.1. The quantitative estimate of drug-likeness (QED) is 0.791. The second-order valence-corrected chi connectivity index (χ2v) is 4.30. The fourth-order valence-electron chi connectivity index (χ4n) is 2.02. The van der Waals surface area contributed by atoms with Crippen LogP contribution in [-0.2, 0) is 11.2 Å². The first-order chi connectivity index (χ1) is 7.61. The molecule has 0 saturated heterocycles. The first-order valence-corrected chi connectivity index (χ1v) is 5.32. The van der Waals surface area contributed by atoms with Gasteiger partial charge in [0.2, 0.25) is 5.91 Å². The van der Waals surface area contributed by atoms with Gasteiger partial charge in [-0.25, -0.2) is 0 Å². The zero-order valence-corrected chi connectivity index (χ0v) is 9.53. The Morgan fingerprint density at radius 1 is 1.50 bits per heavy atom. The minimum absolute atomic E-state index is 0.0130. The Morgan fingerprint density at radius 2 is 2.25 bits per heavy atom. The van der Waals surface area contributed by atoms with Crippen LogP contribution in [-0.4, -0.2) is 36.6 Å². The molecule has 0 aromatic heterocycles. The smallest absolute Gasteiger partial charge is 0.228 e. The zero-order valence-electron chi connectivity index (χ0n) is 9.53. The van der Waals surface area contributed by atoms with Crippen molar-refractivity contribution in [1.29, 1.82) is 0 Å². The fraction of sp³-hybridized carbons (Fsp3) is 0.417. The summed E-state index contributed by atoms with van der Waals surface area (Å²) in [5.41, 5.74) is 2.95. The molecule has 1 unspecified atom stereocenters. The number of anilines is 1. The van der Waals surface area contributed by atoms with Crippen LogP contribution >= 0.6 is 0 Å². The molecule has 1 aromatic carbocycles. The SMILES string of the molecule is CN(C)C(CO)c1ccc2c(c1)CC(=O)N2. The van der Waals surface area contributed by atoms with Crippen LogP contribution in [0.15, 0.2) is 18.2 Å². The highest BCUT2D eigenvalue weighted by Gasteiger charge is 2.20. The topological polar surface area (TPSA) is 52.6 Å². The van der Waals surface area contributed by atoms with Gasteiger partial charge in [0, 0.05) is 5.69 Å². The van der Waals surface area contributed by atoms with Gasteiger partial charge in [-0.1, -0.05) is 12.1 Å². The van der Waals surface area contributed by atoms with Crippen molar-refractivity contribution in [2.24, 2.45) is 0 Å². The summed E-state index contributed by atoms with van der Waals surface area (Å²) in [5, 5.41) is 12.1. The summed E-state index contributed by atoms with van der Waals surface area (Å²) in [6.45, 7) is 0.0765. The van der Waals surface area contributed by atoms with Crippen molar-refractivity contribution in [3.8, 4) is 0 Å². The maximum absolute atomic E-state index is 11.2. The number of nitrogens with one attached hydrogen (secondary N) is 1. The van der Waals surface area contributed by atoms with E-state index in [0.29, 0.717) is 6.42 Å². The molecule has 1 atom stereocenters. The van der Waals surface area contributed by atoms with E-state index < -0.39 is 0 Å². The van der Waals surface area contributed by atoms with E-state index in [1.54, 1.807) is 0 Å². The Morgan fingerprint density at radius 3 is 2.88 bits per heavy atom. The molecule has 1 aromatic rings. The maximum Gasteiger partial charge on any atom is 0.228 e. The summed E-state index contributed by atoms with van der Waals surface area (Å²) in [5.74, 6) is 0.0394. The van der Waals surface area contributed by atoms with Gasteiger partial charge in [-0.3, -0.25) is 4.79 Å². The Kier molecular flexibility index (Phi) is 2.94. The van der Waals surface area contributed by atoms with E-state index in [2.05, 4.69) is 5.32 Å². The third kappa shape index (κ3) is 1.94. The largest absolute Gasteiger partial charge is 0.394 e. The second kappa shape index (κ2) is 4.23. The van der Waals surface area contributed by atoms with Crippen LogP contribution in [0, 0.1) is 0 Å². The van der Waals surface area contributed by atoms with Gasteiger partial charge in [0.05, 0.1) is 19.1 Å². The summed E-state index contributed by atoms with van der Waals surface area (Å²) in [6.07, 6.45) is 0.439. The summed E-state index contributed by atoms with van der Waals surface area (Å²) < 4.78 is 0. The molecule has 4 nitrogen and oxygen atoms in total. The lowest BCUT2D eigenvalue weighted by molar-refractivity contribution is -0.115. The molecule has 1 aliphatic heterocycles. The molecule has 86 valence electrons. The van der Waals surface area contributed by atoms with Crippen molar-refractivity contribution in [2.75, 3.05) is 26.0 Å². The van der Waals surface area contributed by atoms with E-state index in [-0.39, 0.29) is 18.6 Å². The lowest BCUT2D eigenvalue weighted by Gasteiger charge is -2.22. The summed E-state index contributed by atoms with van der Waals surface area (Å²) in [6, 6.07) is 5.84. The van der Waals surface area contributed by atoms with E-state index >= 15 is 0 Å². The maximum atomic E-state index is 11.2. The van der Waals surface area contributed by atoms with Crippen LogP contribution in [0.2, 0.25) is 0 Å². The molecule has 0 bridgehead atoms. The molecule has 0 spiro atoms. The molecule has 0 radical (unpaired) electrons. The summed E-state index contributed by atoms with van der Waals surface area (Å²) in [7, 11) is 3.86. The molecule has 4 heteroatoms. The van der Waals surface area contributed by atoms with Crippen molar-refractivity contribution >= 4 is 11.6 Å². The number of amides is 1. The predicted molar refractivity (Wildman–Crippen MR) is 62.3 cm³/mol. The lowest BCUT2D eigenvalue weighted by Crippen LogP contribution is -2.23. The van der Waals surface area contributed by atoms with Gasteiger partial charge in [-0.15, -0.1) is 0 Å². The molecular formula is C12H16N2O2. The highest BCUT2D eigenvalue weighted by molar-refractivity contribution is 5.99. The van der Waals surface area contributed by atoms with E-state index in [1.165, 1.54) is 0 Å². The van der Waals surface area contributed by atoms with Gasteiger partial charge in [-0.2, -0.15) is 0 Å². The first-order valence-electron chi connectivity index (χ1n) is 5.32. The number of carbonyl (C=O) groups is 1. The fourth-order valence-corrected chi connectivity index (χ4v) is 2.02. The normalized spacial score (nSPS) is 16.1. The van der Waals surface area contributed by atoms with Crippen LogP contribution < -0.4 is 5.32 Å². The number of rotatable bonds is 3. The molecule has 0 saturated carbocycles. The molecular weight excluding hydrogens is 204 g/mol. The highest BCUT2D eigenvalue weighted by atomic mass is 16.3. The van der Waals surface area contributed by atoms with E-state index in [1.807, 2.05) is 37.2 Å². The number of hydrogen-bond acceptors (Lipinski definition) is 3. The van der Waals surface area contributed by atoms with Gasteiger partial charge in [0.15, 0.2) is 0 Å². The predicted octanol–water partition coefficient (Wildman–Crippen LogP) is 0.776. The Bertz CT molecular complexity index is 415. The Labute approximate surface area is 94.9 Å². The minimum Gasteiger partial charge on any atom is -0.394 e. The van der Waals surface area contributed by atoms with Gasteiger partial charge in [-0.05, 0) is 31.3 Å². The number of benzene rings is 1. The molecule has 1 aliphatic rings. The van der Waals surface area contributed by atoms with Gasteiger partial charge in [0.25, 0.3) is 0 Å². The van der Waals surface area contributed by atoms with Crippen LogP contribution in [0.5, 0.6) is 0 Å². The van der Waals surface area contributed by atoms with E-state index in [9.17, 15) is 9.90 Å². The van der Waals surface area contributed by atoms with Crippen molar-refractivity contribution in [1.82, 2.24) is 4.90 Å². The molecule has 0 fully saturated rings. The molecule has 1 amide bonds. The number of hydrogen-bond donors (Lipinski definition) is 2. The third-order valence-electron chi connectivity index (χ3n) is 2.94. The number of aliphatic hydroxyl groups excluding tert-OH is 1. The minimum atomic E-state index is -0.0130. The molecule has 0 aliphatic carbocycles. The highest BCUT2D eigenvalue weighted by Crippen LogP contribution is 2.27. The van der Waals surface area contributed by atoms with Gasteiger partial charge in [0.1, 0.15) is 0 Å². The Balaban J connectivity index is 2.31. The van der Waals surface area contributed by atoms with Crippen molar-refractivity contribution in [3.63, 3.8) is 0 Å². The number of fused-ring (bicyclic) bond motifs is 1. The lowest BCUT2D eigenvalue weighted by atomic mass is 10.0. The van der Waals surface area contributed by atoms with Crippen molar-refractivity contribution in [2.45, 2.75) is 12.5 Å². The van der Waals surface area contributed by atoms with E-state index in [4.69, 9.17) is 0 Å². The average molecular weight is 220 g/mol. The average Bonchev–Trinajstić information content (AvgIpc) is 2.57. The molecule has 2 N–H and O–H groups in total. The van der Waals surface area contributed by atoms with Crippen LogP contribution in [0.25, 0.3) is 0 Å². The van der Waals surface area contributed by atoms with Crippen molar-refractivity contribution in [3.05, 3.63) is 29.3 Å². The molecule has 16 heavy (non-hydrogen) atoms. The zero-order chi connectivity index (χ0) is 11.7. The third-order valence-corrected chi connectivity index (χ3v) is 2.94.